The third kappa shape index (κ3) is 6.20. The van der Waals surface area contributed by atoms with E-state index >= 15 is 0 Å². The molecule has 3 aromatic carbocycles. The van der Waals surface area contributed by atoms with E-state index in [0.717, 1.165) is 17.0 Å². The number of hydrogen-bond donors (Lipinski definition) is 2. The van der Waals surface area contributed by atoms with Gasteiger partial charge in [0.05, 0.1) is 18.6 Å². The van der Waals surface area contributed by atoms with E-state index in [9.17, 15) is 9.90 Å². The molecule has 2 N–H and O–H groups in total. The van der Waals surface area contributed by atoms with Gasteiger partial charge < -0.3 is 9.84 Å². The second kappa shape index (κ2) is 11.5. The van der Waals surface area contributed by atoms with Crippen molar-refractivity contribution in [1.29, 1.82) is 0 Å². The van der Waals surface area contributed by atoms with Gasteiger partial charge in [-0.2, -0.15) is 5.10 Å². The van der Waals surface area contributed by atoms with E-state index in [4.69, 9.17) is 16.3 Å². The maximum atomic E-state index is 12.4. The first-order valence-corrected chi connectivity index (χ1v) is 12.1. The molecular weight excluding hydrogens is 486 g/mol. The molecule has 0 unspecified atom stereocenters. The third-order valence-corrected chi connectivity index (χ3v) is 5.98. The minimum Gasteiger partial charge on any atom is -0.507 e. The zero-order valence-electron chi connectivity index (χ0n) is 18.8. The highest BCUT2D eigenvalue weighted by molar-refractivity contribution is 7.99. The first kappa shape index (κ1) is 24.3. The number of thioether (sulfide) groups is 1. The van der Waals surface area contributed by atoms with Crippen LogP contribution in [0.15, 0.2) is 83.1 Å². The molecule has 178 valence electrons. The highest BCUT2D eigenvalue weighted by Crippen LogP contribution is 2.29. The highest BCUT2D eigenvalue weighted by Gasteiger charge is 2.17. The Kier molecular flexibility index (Phi) is 8.02. The fourth-order valence-corrected chi connectivity index (χ4v) is 4.04. The van der Waals surface area contributed by atoms with Crippen molar-refractivity contribution < 1.29 is 14.6 Å². The quantitative estimate of drug-likeness (QED) is 0.189. The number of phenolic OH excluding ortho intramolecular Hbond substituents is 1. The van der Waals surface area contributed by atoms with Crippen molar-refractivity contribution in [2.24, 2.45) is 5.10 Å². The molecule has 1 heterocycles. The molecule has 35 heavy (non-hydrogen) atoms. The lowest BCUT2D eigenvalue weighted by atomic mass is 10.2. The van der Waals surface area contributed by atoms with Crippen LogP contribution in [0, 0.1) is 0 Å². The van der Waals surface area contributed by atoms with Gasteiger partial charge >= 0.3 is 0 Å². The van der Waals surface area contributed by atoms with Gasteiger partial charge in [-0.25, -0.2) is 5.43 Å². The van der Waals surface area contributed by atoms with E-state index in [0.29, 0.717) is 28.2 Å². The second-order valence-electron chi connectivity index (χ2n) is 7.22. The lowest BCUT2D eigenvalue weighted by molar-refractivity contribution is -0.118. The number of para-hydroxylation sites is 1. The van der Waals surface area contributed by atoms with Gasteiger partial charge in [-0.05, 0) is 67.6 Å². The van der Waals surface area contributed by atoms with Crippen molar-refractivity contribution in [1.82, 2.24) is 20.2 Å². The molecule has 0 saturated heterocycles. The van der Waals surface area contributed by atoms with Crippen LogP contribution in [0.5, 0.6) is 11.5 Å². The summed E-state index contributed by atoms with van der Waals surface area (Å²) in [6, 6.07) is 21.6. The van der Waals surface area contributed by atoms with Gasteiger partial charge in [-0.3, -0.25) is 9.36 Å². The van der Waals surface area contributed by atoms with Crippen molar-refractivity contribution in [3.05, 3.63) is 83.4 Å². The van der Waals surface area contributed by atoms with Gasteiger partial charge in [0.25, 0.3) is 5.91 Å². The topological polar surface area (TPSA) is 102 Å². The van der Waals surface area contributed by atoms with Crippen molar-refractivity contribution in [3.8, 4) is 28.6 Å². The van der Waals surface area contributed by atoms with Crippen LogP contribution >= 0.6 is 23.4 Å². The summed E-state index contributed by atoms with van der Waals surface area (Å²) < 4.78 is 7.43. The van der Waals surface area contributed by atoms with Gasteiger partial charge in [0, 0.05) is 21.8 Å². The molecule has 0 atom stereocenters. The molecule has 8 nitrogen and oxygen atoms in total. The molecule has 0 radical (unpaired) electrons. The molecule has 0 aliphatic carbocycles. The van der Waals surface area contributed by atoms with Crippen molar-refractivity contribution in [2.45, 2.75) is 12.1 Å². The fraction of sp³-hybridized carbons (Fsp3) is 0.120. The molecule has 0 aliphatic rings. The van der Waals surface area contributed by atoms with Crippen molar-refractivity contribution in [2.75, 3.05) is 12.4 Å². The van der Waals surface area contributed by atoms with Gasteiger partial charge in [0.2, 0.25) is 0 Å². The van der Waals surface area contributed by atoms with Crippen LogP contribution in [-0.4, -0.2) is 44.4 Å². The Hall–Kier alpha value is -3.82. The zero-order valence-corrected chi connectivity index (χ0v) is 20.3. The Morgan fingerprint density at radius 2 is 1.86 bits per heavy atom. The number of benzene rings is 3. The number of carbonyl (C=O) groups is 1. The molecular formula is C25H22ClN5O3S. The summed E-state index contributed by atoms with van der Waals surface area (Å²) in [7, 11) is 0. The number of carbonyl (C=O) groups excluding carboxylic acids is 1. The van der Waals surface area contributed by atoms with Crippen LogP contribution in [-0.2, 0) is 4.79 Å². The van der Waals surface area contributed by atoms with E-state index in [1.54, 1.807) is 36.4 Å². The molecule has 10 heteroatoms. The summed E-state index contributed by atoms with van der Waals surface area (Å²) in [4.78, 5) is 12.4. The monoisotopic (exact) mass is 507 g/mol. The SMILES string of the molecule is CCOc1ccc(-n2c(SCC(=O)N/N=C/c3ccccc3O)nnc2-c2ccc(Cl)cc2)cc1. The Morgan fingerprint density at radius 1 is 1.11 bits per heavy atom. The first-order chi connectivity index (χ1) is 17.0. The molecule has 0 saturated carbocycles. The van der Waals surface area contributed by atoms with Crippen LogP contribution < -0.4 is 10.2 Å². The lowest BCUT2D eigenvalue weighted by Gasteiger charge is -2.11. The summed E-state index contributed by atoms with van der Waals surface area (Å²) in [5.74, 6) is 1.20. The number of halogens is 1. The average molecular weight is 508 g/mol. The molecule has 4 aromatic rings. The molecule has 1 aromatic heterocycles. The number of hydrazone groups is 1. The predicted octanol–water partition coefficient (Wildman–Crippen LogP) is 4.93. The smallest absolute Gasteiger partial charge is 0.250 e. The van der Waals surface area contributed by atoms with E-state index in [-0.39, 0.29) is 17.4 Å². The first-order valence-electron chi connectivity index (χ1n) is 10.7. The molecule has 4 rings (SSSR count). The summed E-state index contributed by atoms with van der Waals surface area (Å²) in [5, 5.41) is 23.6. The van der Waals surface area contributed by atoms with Crippen LogP contribution in [0.25, 0.3) is 17.1 Å². The van der Waals surface area contributed by atoms with Crippen LogP contribution in [0.2, 0.25) is 5.02 Å². The van der Waals surface area contributed by atoms with Gasteiger partial charge in [0.1, 0.15) is 11.5 Å². The van der Waals surface area contributed by atoms with Crippen molar-refractivity contribution in [3.63, 3.8) is 0 Å². The second-order valence-corrected chi connectivity index (χ2v) is 8.60. The number of ether oxygens (including phenoxy) is 1. The fourth-order valence-electron chi connectivity index (χ4n) is 3.17. The largest absolute Gasteiger partial charge is 0.507 e. The summed E-state index contributed by atoms with van der Waals surface area (Å²) in [6.07, 6.45) is 1.39. The van der Waals surface area contributed by atoms with Crippen LogP contribution in [0.4, 0.5) is 0 Å². The zero-order chi connectivity index (χ0) is 24.6. The summed E-state index contributed by atoms with van der Waals surface area (Å²) in [6.45, 7) is 2.50. The highest BCUT2D eigenvalue weighted by atomic mass is 35.5. The van der Waals surface area contributed by atoms with Crippen LogP contribution in [0.3, 0.4) is 0 Å². The number of nitrogens with zero attached hydrogens (tertiary/aromatic N) is 4. The third-order valence-electron chi connectivity index (χ3n) is 4.80. The maximum absolute atomic E-state index is 12.4. The number of amides is 1. The molecule has 0 bridgehead atoms. The molecule has 0 spiro atoms. The van der Waals surface area contributed by atoms with E-state index in [1.165, 1.54) is 18.0 Å². The molecule has 0 aliphatic heterocycles. The summed E-state index contributed by atoms with van der Waals surface area (Å²) in [5.41, 5.74) is 4.62. The molecule has 0 fully saturated rings. The van der Waals surface area contributed by atoms with E-state index in [2.05, 4.69) is 20.7 Å². The average Bonchev–Trinajstić information content (AvgIpc) is 3.29. The predicted molar refractivity (Wildman–Crippen MR) is 138 cm³/mol. The van der Waals surface area contributed by atoms with Gasteiger partial charge in [-0.15, -0.1) is 10.2 Å². The molecule has 1 amide bonds. The number of hydrogen-bond acceptors (Lipinski definition) is 7. The van der Waals surface area contributed by atoms with Gasteiger partial charge in [0.15, 0.2) is 11.0 Å². The summed E-state index contributed by atoms with van der Waals surface area (Å²) >= 11 is 7.28. The Balaban J connectivity index is 1.53. The number of aromatic nitrogens is 3. The van der Waals surface area contributed by atoms with Crippen molar-refractivity contribution >= 4 is 35.5 Å². The van der Waals surface area contributed by atoms with Crippen LogP contribution in [0.1, 0.15) is 12.5 Å². The minimum absolute atomic E-state index is 0.0634. The Morgan fingerprint density at radius 3 is 2.57 bits per heavy atom. The number of rotatable bonds is 9. The number of nitrogens with one attached hydrogen (secondary N) is 1. The van der Waals surface area contributed by atoms with E-state index < -0.39 is 0 Å². The Labute approximate surface area is 211 Å². The maximum Gasteiger partial charge on any atom is 0.250 e. The standard InChI is InChI=1S/C25H22ClN5O3S/c1-2-34-21-13-11-20(12-14-21)31-24(17-7-9-19(26)10-8-17)29-30-25(31)35-16-23(33)28-27-15-18-5-3-4-6-22(18)32/h3-15,32H,2,16H2,1H3,(H,28,33)/b27-15+. The minimum atomic E-state index is -0.323. The Bertz CT molecular complexity index is 1320. The van der Waals surface area contributed by atoms with E-state index in [1.807, 2.05) is 47.9 Å². The normalized spacial score (nSPS) is 11.0. The number of phenols is 1. The lowest BCUT2D eigenvalue weighted by Crippen LogP contribution is -2.20. The van der Waals surface area contributed by atoms with Gasteiger partial charge in [-0.1, -0.05) is 35.5 Å². The number of aromatic hydroxyl groups is 1.